The minimum atomic E-state index is -0.175. The molecule has 0 bridgehead atoms. The van der Waals surface area contributed by atoms with E-state index in [-0.39, 0.29) is 6.03 Å². The van der Waals surface area contributed by atoms with Gasteiger partial charge in [0, 0.05) is 31.1 Å². The van der Waals surface area contributed by atoms with Crippen molar-refractivity contribution in [2.75, 3.05) is 30.8 Å². The predicted octanol–water partition coefficient (Wildman–Crippen LogP) is 1.82. The van der Waals surface area contributed by atoms with Crippen molar-refractivity contribution in [3.05, 3.63) is 24.3 Å². The van der Waals surface area contributed by atoms with Crippen LogP contribution in [0.2, 0.25) is 0 Å². The molecule has 2 amide bonds. The second-order valence-electron chi connectivity index (χ2n) is 4.51. The average Bonchev–Trinajstić information content (AvgIpc) is 2.40. The number of hydrogen-bond acceptors (Lipinski definition) is 3. The normalized spacial score (nSPS) is 16.2. The van der Waals surface area contributed by atoms with Gasteiger partial charge in [0.1, 0.15) is 0 Å². The Morgan fingerprint density at radius 1 is 1.28 bits per heavy atom. The van der Waals surface area contributed by atoms with Crippen LogP contribution in [0, 0.1) is 5.92 Å². The Bertz CT molecular complexity index is 386. The van der Waals surface area contributed by atoms with E-state index in [9.17, 15) is 4.79 Å². The number of rotatable bonds is 3. The molecule has 1 aromatic rings. The van der Waals surface area contributed by atoms with E-state index >= 15 is 0 Å². The van der Waals surface area contributed by atoms with E-state index in [1.54, 1.807) is 24.3 Å². The summed E-state index contributed by atoms with van der Waals surface area (Å²) in [7, 11) is 0. The van der Waals surface area contributed by atoms with Crippen LogP contribution < -0.4 is 16.4 Å². The van der Waals surface area contributed by atoms with Crippen LogP contribution in [0.4, 0.5) is 16.2 Å². The van der Waals surface area contributed by atoms with Crippen LogP contribution in [0.1, 0.15) is 12.8 Å². The zero-order valence-electron chi connectivity index (χ0n) is 10.3. The molecule has 1 saturated heterocycles. The smallest absolute Gasteiger partial charge is 0.319 e. The van der Waals surface area contributed by atoms with Gasteiger partial charge in [0.25, 0.3) is 0 Å². The largest absolute Gasteiger partial charge is 0.399 e. The SMILES string of the molecule is Nc1ccc(NC(=O)NCC2CCOCC2)cc1. The summed E-state index contributed by atoms with van der Waals surface area (Å²) in [5.41, 5.74) is 7.00. The Kier molecular flexibility index (Phi) is 4.41. The van der Waals surface area contributed by atoms with Crippen LogP contribution >= 0.6 is 0 Å². The summed E-state index contributed by atoms with van der Waals surface area (Å²) in [6.45, 7) is 2.29. The summed E-state index contributed by atoms with van der Waals surface area (Å²) in [4.78, 5) is 11.7. The molecule has 2 rings (SSSR count). The number of urea groups is 1. The summed E-state index contributed by atoms with van der Waals surface area (Å²) in [6, 6.07) is 6.90. The van der Waals surface area contributed by atoms with E-state index < -0.39 is 0 Å². The van der Waals surface area contributed by atoms with Gasteiger partial charge in [0.15, 0.2) is 0 Å². The quantitative estimate of drug-likeness (QED) is 0.715. The van der Waals surface area contributed by atoms with Gasteiger partial charge in [0.05, 0.1) is 0 Å². The lowest BCUT2D eigenvalue weighted by Crippen LogP contribution is -2.35. The van der Waals surface area contributed by atoms with E-state index in [1.165, 1.54) is 0 Å². The van der Waals surface area contributed by atoms with Gasteiger partial charge >= 0.3 is 6.03 Å². The van der Waals surface area contributed by atoms with Gasteiger partial charge in [0.2, 0.25) is 0 Å². The predicted molar refractivity (Wildman–Crippen MR) is 71.4 cm³/mol. The average molecular weight is 249 g/mol. The number of hydrogen-bond donors (Lipinski definition) is 3. The lowest BCUT2D eigenvalue weighted by molar-refractivity contribution is 0.0671. The fraction of sp³-hybridized carbons (Fsp3) is 0.462. The van der Waals surface area contributed by atoms with Gasteiger partial charge in [-0.05, 0) is 43.0 Å². The number of nitrogens with one attached hydrogen (secondary N) is 2. The molecule has 18 heavy (non-hydrogen) atoms. The van der Waals surface area contributed by atoms with Crippen LogP contribution in [0.3, 0.4) is 0 Å². The van der Waals surface area contributed by atoms with E-state index in [4.69, 9.17) is 10.5 Å². The number of nitrogens with two attached hydrogens (primary N) is 1. The number of nitrogen functional groups attached to an aromatic ring is 1. The standard InChI is InChI=1S/C13H19N3O2/c14-11-1-3-12(4-2-11)16-13(17)15-9-10-5-7-18-8-6-10/h1-4,10H,5-9,14H2,(H2,15,16,17). The first kappa shape index (κ1) is 12.7. The zero-order valence-corrected chi connectivity index (χ0v) is 10.3. The second-order valence-corrected chi connectivity index (χ2v) is 4.51. The van der Waals surface area contributed by atoms with E-state index in [0.29, 0.717) is 18.2 Å². The Balaban J connectivity index is 1.73. The maximum Gasteiger partial charge on any atom is 0.319 e. The van der Waals surface area contributed by atoms with Crippen LogP contribution in [-0.4, -0.2) is 25.8 Å². The van der Waals surface area contributed by atoms with Crippen molar-refractivity contribution < 1.29 is 9.53 Å². The van der Waals surface area contributed by atoms with Crippen molar-refractivity contribution in [3.8, 4) is 0 Å². The molecular formula is C13H19N3O2. The molecule has 1 fully saturated rings. The Hall–Kier alpha value is -1.75. The van der Waals surface area contributed by atoms with E-state index in [2.05, 4.69) is 10.6 Å². The number of carbonyl (C=O) groups excluding carboxylic acids is 1. The van der Waals surface area contributed by atoms with Crippen LogP contribution in [0.25, 0.3) is 0 Å². The van der Waals surface area contributed by atoms with E-state index in [0.717, 1.165) is 31.7 Å². The molecule has 1 aliphatic rings. The summed E-state index contributed by atoms with van der Waals surface area (Å²) in [5, 5.41) is 5.65. The highest BCUT2D eigenvalue weighted by Gasteiger charge is 2.14. The zero-order chi connectivity index (χ0) is 12.8. The molecule has 4 N–H and O–H groups in total. The molecule has 1 aliphatic heterocycles. The highest BCUT2D eigenvalue weighted by atomic mass is 16.5. The van der Waals surface area contributed by atoms with Crippen molar-refractivity contribution in [2.24, 2.45) is 5.92 Å². The third-order valence-electron chi connectivity index (χ3n) is 3.06. The minimum absolute atomic E-state index is 0.175. The molecule has 0 aliphatic carbocycles. The first-order valence-corrected chi connectivity index (χ1v) is 6.22. The summed E-state index contributed by atoms with van der Waals surface area (Å²) in [6.07, 6.45) is 2.03. The summed E-state index contributed by atoms with van der Waals surface area (Å²) in [5.74, 6) is 0.524. The van der Waals surface area contributed by atoms with Gasteiger partial charge in [-0.1, -0.05) is 0 Å². The van der Waals surface area contributed by atoms with Crippen LogP contribution in [-0.2, 0) is 4.74 Å². The number of anilines is 2. The number of carbonyl (C=O) groups is 1. The molecule has 0 atom stereocenters. The molecule has 0 radical (unpaired) electrons. The Morgan fingerprint density at radius 2 is 1.94 bits per heavy atom. The van der Waals surface area contributed by atoms with Gasteiger partial charge in [-0.15, -0.1) is 0 Å². The minimum Gasteiger partial charge on any atom is -0.399 e. The van der Waals surface area contributed by atoms with Crippen molar-refractivity contribution in [1.82, 2.24) is 5.32 Å². The molecule has 98 valence electrons. The second kappa shape index (κ2) is 6.26. The molecule has 0 saturated carbocycles. The van der Waals surface area contributed by atoms with Crippen molar-refractivity contribution in [1.29, 1.82) is 0 Å². The third-order valence-corrected chi connectivity index (χ3v) is 3.06. The number of amides is 2. The number of ether oxygens (including phenoxy) is 1. The van der Waals surface area contributed by atoms with Gasteiger partial charge in [-0.3, -0.25) is 0 Å². The van der Waals surface area contributed by atoms with Crippen LogP contribution in [0.5, 0.6) is 0 Å². The lowest BCUT2D eigenvalue weighted by atomic mass is 10.0. The monoisotopic (exact) mass is 249 g/mol. The number of benzene rings is 1. The lowest BCUT2D eigenvalue weighted by Gasteiger charge is -2.22. The Labute approximate surface area is 107 Å². The van der Waals surface area contributed by atoms with Crippen molar-refractivity contribution in [2.45, 2.75) is 12.8 Å². The maximum atomic E-state index is 11.7. The summed E-state index contributed by atoms with van der Waals surface area (Å²) >= 11 is 0. The fourth-order valence-corrected chi connectivity index (χ4v) is 1.93. The Morgan fingerprint density at radius 3 is 2.61 bits per heavy atom. The first-order chi connectivity index (χ1) is 8.74. The molecule has 0 spiro atoms. The molecule has 0 aromatic heterocycles. The van der Waals surface area contributed by atoms with Gasteiger partial charge in [-0.2, -0.15) is 0 Å². The maximum absolute atomic E-state index is 11.7. The topological polar surface area (TPSA) is 76.4 Å². The highest BCUT2D eigenvalue weighted by Crippen LogP contribution is 2.13. The summed E-state index contributed by atoms with van der Waals surface area (Å²) < 4.78 is 5.27. The molecule has 1 heterocycles. The molecule has 1 aromatic carbocycles. The van der Waals surface area contributed by atoms with Crippen LogP contribution in [0.15, 0.2) is 24.3 Å². The highest BCUT2D eigenvalue weighted by molar-refractivity contribution is 5.89. The molecule has 5 heteroatoms. The van der Waals surface area contributed by atoms with Crippen molar-refractivity contribution >= 4 is 17.4 Å². The first-order valence-electron chi connectivity index (χ1n) is 6.22. The van der Waals surface area contributed by atoms with E-state index in [1.807, 2.05) is 0 Å². The third kappa shape index (κ3) is 3.92. The van der Waals surface area contributed by atoms with Crippen molar-refractivity contribution in [3.63, 3.8) is 0 Å². The van der Waals surface area contributed by atoms with Gasteiger partial charge in [-0.25, -0.2) is 4.79 Å². The van der Waals surface area contributed by atoms with Gasteiger partial charge < -0.3 is 21.1 Å². The molecular weight excluding hydrogens is 230 g/mol. The molecule has 0 unspecified atom stereocenters. The molecule has 5 nitrogen and oxygen atoms in total. The fourth-order valence-electron chi connectivity index (χ4n) is 1.93.